The summed E-state index contributed by atoms with van der Waals surface area (Å²) >= 11 is 1.86. The third-order valence-electron chi connectivity index (χ3n) is 11.6. The van der Waals surface area contributed by atoms with Gasteiger partial charge in [0.1, 0.15) is 11.2 Å². The average Bonchev–Trinajstić information content (AvgIpc) is 3.97. The molecule has 0 bridgehead atoms. The van der Waals surface area contributed by atoms with Gasteiger partial charge in [-0.15, -0.1) is 11.3 Å². The summed E-state index contributed by atoms with van der Waals surface area (Å²) < 4.78 is 13.8. The topological polar surface area (TPSA) is 23.0 Å². The maximum atomic E-state index is 6.23. The highest BCUT2D eigenvalue weighted by atomic mass is 32.1. The van der Waals surface area contributed by atoms with Gasteiger partial charge in [0.2, 0.25) is 0 Å². The Hall–Kier alpha value is -6.88. The number of hydrogen-bond acceptors (Lipinski definition) is 2. The van der Waals surface area contributed by atoms with Crippen LogP contribution < -0.4 is 0 Å². The molecule has 0 saturated heterocycles. The van der Waals surface area contributed by atoms with Gasteiger partial charge in [0.25, 0.3) is 0 Å². The summed E-state index contributed by atoms with van der Waals surface area (Å²) in [6, 6.07) is 62.5. The Labute approximate surface area is 312 Å². The van der Waals surface area contributed by atoms with E-state index in [2.05, 4.69) is 167 Å². The zero-order valence-corrected chi connectivity index (χ0v) is 29.7. The van der Waals surface area contributed by atoms with Crippen molar-refractivity contribution in [1.82, 2.24) is 9.13 Å². The van der Waals surface area contributed by atoms with Crippen LogP contribution in [0.4, 0.5) is 0 Å². The number of fused-ring (bicyclic) bond motifs is 9. The Morgan fingerprint density at radius 1 is 0.352 bits per heavy atom. The van der Waals surface area contributed by atoms with Crippen molar-refractivity contribution in [1.29, 1.82) is 0 Å². The van der Waals surface area contributed by atoms with Gasteiger partial charge in [0.15, 0.2) is 0 Å². The first-order valence-corrected chi connectivity index (χ1v) is 19.2. The summed E-state index contributed by atoms with van der Waals surface area (Å²) in [5.74, 6) is 0. The standard InChI is InChI=1S/C50H28N2OS/c1-4-12-41-35(9-1)38-25-30(18-21-42(38)51(41)34-20-23-48-40(28-34)37-11-3-6-15-47(37)54-48)32-24-31-17-16-29-8-7-13-43-49(29)50(31)44(26-32)52(43)33-19-22-46-39(27-33)36-10-2-5-14-45(36)53-46/h1-28H. The van der Waals surface area contributed by atoms with Crippen molar-refractivity contribution in [2.75, 3.05) is 0 Å². The minimum atomic E-state index is 0.907. The van der Waals surface area contributed by atoms with Gasteiger partial charge in [0.05, 0.1) is 22.1 Å². The molecule has 0 aliphatic carbocycles. The fourth-order valence-electron chi connectivity index (χ4n) is 9.28. The molecular weight excluding hydrogens is 677 g/mol. The first-order valence-electron chi connectivity index (χ1n) is 18.4. The van der Waals surface area contributed by atoms with Crippen LogP contribution in [0.25, 0.3) is 119 Å². The quantitative estimate of drug-likeness (QED) is 0.168. The van der Waals surface area contributed by atoms with Gasteiger partial charge in [-0.2, -0.15) is 0 Å². The molecule has 0 N–H and O–H groups in total. The molecule has 4 heterocycles. The molecule has 0 unspecified atom stereocenters. The van der Waals surface area contributed by atoms with Crippen molar-refractivity contribution >= 4 is 108 Å². The second-order valence-corrected chi connectivity index (χ2v) is 15.6. The lowest BCUT2D eigenvalue weighted by atomic mass is 9.96. The van der Waals surface area contributed by atoms with Crippen LogP contribution in [-0.2, 0) is 0 Å². The number of para-hydroxylation sites is 2. The zero-order chi connectivity index (χ0) is 35.1. The first kappa shape index (κ1) is 28.7. The van der Waals surface area contributed by atoms with E-state index >= 15 is 0 Å². The van der Waals surface area contributed by atoms with Crippen molar-refractivity contribution in [2.45, 2.75) is 0 Å². The van der Waals surface area contributed by atoms with E-state index in [0.29, 0.717) is 0 Å². The first-order chi connectivity index (χ1) is 26.7. The lowest BCUT2D eigenvalue weighted by Crippen LogP contribution is -1.94. The lowest BCUT2D eigenvalue weighted by Gasteiger charge is -2.11. The third kappa shape index (κ3) is 3.80. The number of hydrogen-bond donors (Lipinski definition) is 0. The van der Waals surface area contributed by atoms with Gasteiger partial charge in [-0.25, -0.2) is 0 Å². The van der Waals surface area contributed by atoms with Gasteiger partial charge < -0.3 is 13.6 Å². The molecule has 54 heavy (non-hydrogen) atoms. The summed E-state index contributed by atoms with van der Waals surface area (Å²) in [5, 5.41) is 12.5. The maximum Gasteiger partial charge on any atom is 0.135 e. The molecule has 0 amide bonds. The van der Waals surface area contributed by atoms with Gasteiger partial charge in [0, 0.05) is 63.9 Å². The van der Waals surface area contributed by atoms with Crippen LogP contribution in [0.1, 0.15) is 0 Å². The van der Waals surface area contributed by atoms with Crippen molar-refractivity contribution in [3.8, 4) is 22.5 Å². The fourth-order valence-corrected chi connectivity index (χ4v) is 10.4. The monoisotopic (exact) mass is 704 g/mol. The number of nitrogens with zero attached hydrogens (tertiary/aromatic N) is 2. The summed E-state index contributed by atoms with van der Waals surface area (Å²) in [7, 11) is 0. The molecule has 0 aliphatic heterocycles. The highest BCUT2D eigenvalue weighted by Crippen LogP contribution is 2.44. The largest absolute Gasteiger partial charge is 0.456 e. The summed E-state index contributed by atoms with van der Waals surface area (Å²) in [6.07, 6.45) is 0. The Kier molecular flexibility index (Phi) is 5.51. The maximum absolute atomic E-state index is 6.23. The Morgan fingerprint density at radius 3 is 1.98 bits per heavy atom. The second-order valence-electron chi connectivity index (χ2n) is 14.5. The fraction of sp³-hybridized carbons (Fsp3) is 0. The highest BCUT2D eigenvalue weighted by molar-refractivity contribution is 7.25. The molecule has 13 rings (SSSR count). The number of benzene rings is 9. The second kappa shape index (κ2) is 10.4. The lowest BCUT2D eigenvalue weighted by molar-refractivity contribution is 0.669. The summed E-state index contributed by atoms with van der Waals surface area (Å²) in [6.45, 7) is 0. The molecule has 250 valence electrons. The molecular formula is C50H28N2OS. The summed E-state index contributed by atoms with van der Waals surface area (Å²) in [5.41, 5.74) is 11.4. The van der Waals surface area contributed by atoms with Crippen molar-refractivity contribution < 1.29 is 4.42 Å². The number of rotatable bonds is 3. The zero-order valence-electron chi connectivity index (χ0n) is 28.9. The minimum Gasteiger partial charge on any atom is -0.456 e. The van der Waals surface area contributed by atoms with E-state index in [0.717, 1.165) is 27.6 Å². The van der Waals surface area contributed by atoms with Crippen LogP contribution in [0, 0.1) is 0 Å². The highest BCUT2D eigenvalue weighted by Gasteiger charge is 2.20. The molecule has 0 spiro atoms. The van der Waals surface area contributed by atoms with Crippen LogP contribution in [-0.4, -0.2) is 9.13 Å². The smallest absolute Gasteiger partial charge is 0.135 e. The van der Waals surface area contributed by atoms with E-state index in [4.69, 9.17) is 4.42 Å². The molecule has 13 aromatic rings. The predicted molar refractivity (Wildman–Crippen MR) is 229 cm³/mol. The Morgan fingerprint density at radius 2 is 1.04 bits per heavy atom. The molecule has 0 fully saturated rings. The normalized spacial score (nSPS) is 12.4. The third-order valence-corrected chi connectivity index (χ3v) is 12.8. The average molecular weight is 705 g/mol. The van der Waals surface area contributed by atoms with Crippen LogP contribution >= 0.6 is 11.3 Å². The predicted octanol–water partition coefficient (Wildman–Crippen LogP) is 14.4. The minimum absolute atomic E-state index is 0.907. The molecule has 4 aromatic heterocycles. The van der Waals surface area contributed by atoms with Crippen LogP contribution in [0.15, 0.2) is 174 Å². The van der Waals surface area contributed by atoms with Crippen LogP contribution in [0.3, 0.4) is 0 Å². The molecule has 0 saturated carbocycles. The molecule has 0 atom stereocenters. The van der Waals surface area contributed by atoms with E-state index in [9.17, 15) is 0 Å². The molecule has 0 aliphatic rings. The van der Waals surface area contributed by atoms with E-state index in [1.54, 1.807) is 0 Å². The molecule has 9 aromatic carbocycles. The van der Waals surface area contributed by atoms with E-state index in [1.165, 1.54) is 91.4 Å². The van der Waals surface area contributed by atoms with Gasteiger partial charge in [-0.3, -0.25) is 0 Å². The molecule has 4 heteroatoms. The van der Waals surface area contributed by atoms with E-state index in [1.807, 2.05) is 23.5 Å². The van der Waals surface area contributed by atoms with Crippen LogP contribution in [0.5, 0.6) is 0 Å². The molecule has 0 radical (unpaired) electrons. The Bertz CT molecular complexity index is 3690. The van der Waals surface area contributed by atoms with Gasteiger partial charge in [-0.05, 0) is 107 Å². The van der Waals surface area contributed by atoms with E-state index < -0.39 is 0 Å². The summed E-state index contributed by atoms with van der Waals surface area (Å²) in [4.78, 5) is 0. The van der Waals surface area contributed by atoms with Crippen molar-refractivity contribution in [2.24, 2.45) is 0 Å². The van der Waals surface area contributed by atoms with Crippen molar-refractivity contribution in [3.63, 3.8) is 0 Å². The molecule has 3 nitrogen and oxygen atoms in total. The number of aromatic nitrogens is 2. The number of thiophene rings is 1. The van der Waals surface area contributed by atoms with Crippen molar-refractivity contribution in [3.05, 3.63) is 170 Å². The van der Waals surface area contributed by atoms with E-state index in [-0.39, 0.29) is 0 Å². The van der Waals surface area contributed by atoms with Crippen LogP contribution in [0.2, 0.25) is 0 Å². The Balaban J connectivity index is 1.04. The SMILES string of the molecule is c1ccc2c(c1)oc1ccc(-n3c4cccc5ccc6cc(-c7ccc8c(c7)c7ccccc7n8-c7ccc8sc9ccccc9c8c7)cc3c6c54)cc12. The van der Waals surface area contributed by atoms with Gasteiger partial charge in [-0.1, -0.05) is 84.9 Å². The van der Waals surface area contributed by atoms with Gasteiger partial charge >= 0.3 is 0 Å². The number of furan rings is 1.